The van der Waals surface area contributed by atoms with Crippen LogP contribution in [0, 0.1) is 5.92 Å². The first-order chi connectivity index (χ1) is 8.71. The lowest BCUT2D eigenvalue weighted by atomic mass is 9.96. The van der Waals surface area contributed by atoms with Gasteiger partial charge in [0.15, 0.2) is 0 Å². The molecule has 0 aliphatic heterocycles. The van der Waals surface area contributed by atoms with E-state index in [4.69, 9.17) is 0 Å². The van der Waals surface area contributed by atoms with Crippen molar-refractivity contribution in [3.05, 3.63) is 48.0 Å². The molecule has 1 atom stereocenters. The maximum Gasteiger partial charge on any atom is -0.0187 e. The minimum absolute atomic E-state index is 0.862. The summed E-state index contributed by atoms with van der Waals surface area (Å²) in [5, 5.41) is 0. The van der Waals surface area contributed by atoms with E-state index in [2.05, 4.69) is 45.2 Å². The summed E-state index contributed by atoms with van der Waals surface area (Å²) in [4.78, 5) is 0. The van der Waals surface area contributed by atoms with Crippen LogP contribution in [0.3, 0.4) is 0 Å². The lowest BCUT2D eigenvalue weighted by Gasteiger charge is -2.10. The summed E-state index contributed by atoms with van der Waals surface area (Å²) in [6.45, 7) is 12.3. The standard InChI is InChI=1S/C18H26/c1-5-9-15(4)10-8-11-16-12-13-17(6-2)18(7-3)14-16/h6-7,12-15H,2-3,5,8-11H2,1,4H3. The summed E-state index contributed by atoms with van der Waals surface area (Å²) < 4.78 is 0. The van der Waals surface area contributed by atoms with Gasteiger partial charge < -0.3 is 0 Å². The highest BCUT2D eigenvalue weighted by Crippen LogP contribution is 2.18. The zero-order valence-corrected chi connectivity index (χ0v) is 11.9. The van der Waals surface area contributed by atoms with Crippen LogP contribution in [0.4, 0.5) is 0 Å². The Labute approximate surface area is 112 Å². The van der Waals surface area contributed by atoms with Crippen LogP contribution < -0.4 is 0 Å². The average molecular weight is 242 g/mol. The van der Waals surface area contributed by atoms with Gasteiger partial charge in [0, 0.05) is 0 Å². The van der Waals surface area contributed by atoms with Crippen LogP contribution in [-0.2, 0) is 6.42 Å². The molecule has 0 radical (unpaired) electrons. The van der Waals surface area contributed by atoms with E-state index in [0.717, 1.165) is 5.92 Å². The SMILES string of the molecule is C=Cc1ccc(CCCC(C)CCC)cc1C=C. The number of benzene rings is 1. The van der Waals surface area contributed by atoms with Crippen LogP contribution >= 0.6 is 0 Å². The maximum absolute atomic E-state index is 3.87. The highest BCUT2D eigenvalue weighted by Gasteiger charge is 2.02. The molecule has 0 N–H and O–H groups in total. The van der Waals surface area contributed by atoms with E-state index in [0.29, 0.717) is 0 Å². The zero-order chi connectivity index (χ0) is 13.4. The number of aryl methyl sites for hydroxylation is 1. The minimum Gasteiger partial charge on any atom is -0.0984 e. The van der Waals surface area contributed by atoms with Gasteiger partial charge in [-0.25, -0.2) is 0 Å². The molecule has 0 aliphatic rings. The second-order valence-electron chi connectivity index (χ2n) is 5.16. The predicted molar refractivity (Wildman–Crippen MR) is 83.6 cm³/mol. The van der Waals surface area contributed by atoms with Gasteiger partial charge in [0.25, 0.3) is 0 Å². The van der Waals surface area contributed by atoms with Crippen LogP contribution in [0.1, 0.15) is 56.2 Å². The molecule has 1 unspecified atom stereocenters. The Morgan fingerprint density at radius 3 is 2.44 bits per heavy atom. The number of hydrogen-bond donors (Lipinski definition) is 0. The highest BCUT2D eigenvalue weighted by molar-refractivity contribution is 5.64. The Hall–Kier alpha value is -1.30. The maximum atomic E-state index is 3.87. The van der Waals surface area contributed by atoms with E-state index in [1.807, 2.05) is 12.2 Å². The van der Waals surface area contributed by atoms with Crippen molar-refractivity contribution in [1.29, 1.82) is 0 Å². The number of hydrogen-bond acceptors (Lipinski definition) is 0. The molecule has 0 heteroatoms. The van der Waals surface area contributed by atoms with E-state index in [1.54, 1.807) is 0 Å². The Kier molecular flexibility index (Phi) is 6.49. The molecule has 0 nitrogen and oxygen atoms in total. The van der Waals surface area contributed by atoms with Gasteiger partial charge in [0.05, 0.1) is 0 Å². The summed E-state index contributed by atoms with van der Waals surface area (Å²) in [6, 6.07) is 6.61. The van der Waals surface area contributed by atoms with Gasteiger partial charge in [-0.3, -0.25) is 0 Å². The third kappa shape index (κ3) is 4.52. The molecule has 0 aliphatic carbocycles. The molecule has 18 heavy (non-hydrogen) atoms. The summed E-state index contributed by atoms with van der Waals surface area (Å²) >= 11 is 0. The van der Waals surface area contributed by atoms with Gasteiger partial charge in [-0.1, -0.05) is 76.6 Å². The van der Waals surface area contributed by atoms with Crippen molar-refractivity contribution < 1.29 is 0 Å². The van der Waals surface area contributed by atoms with E-state index in [1.165, 1.54) is 48.8 Å². The Morgan fingerprint density at radius 1 is 1.11 bits per heavy atom. The van der Waals surface area contributed by atoms with E-state index >= 15 is 0 Å². The largest absolute Gasteiger partial charge is 0.0984 e. The second-order valence-corrected chi connectivity index (χ2v) is 5.16. The topological polar surface area (TPSA) is 0 Å². The molecule has 1 aromatic carbocycles. The molecule has 98 valence electrons. The molecule has 0 bridgehead atoms. The van der Waals surface area contributed by atoms with Crippen LogP contribution in [0.2, 0.25) is 0 Å². The van der Waals surface area contributed by atoms with Gasteiger partial charge in [-0.05, 0) is 35.4 Å². The molecule has 0 spiro atoms. The quantitative estimate of drug-likeness (QED) is 0.546. The fraction of sp³-hybridized carbons (Fsp3) is 0.444. The average Bonchev–Trinajstić information content (AvgIpc) is 2.38. The minimum atomic E-state index is 0.862. The molecule has 0 saturated carbocycles. The summed E-state index contributed by atoms with van der Waals surface area (Å²) in [6.07, 6.45) is 10.3. The smallest absolute Gasteiger partial charge is 0.0187 e. The third-order valence-corrected chi connectivity index (χ3v) is 3.53. The highest BCUT2D eigenvalue weighted by atomic mass is 14.1. The van der Waals surface area contributed by atoms with Gasteiger partial charge >= 0.3 is 0 Å². The summed E-state index contributed by atoms with van der Waals surface area (Å²) in [5.41, 5.74) is 3.79. The molecule has 0 aromatic heterocycles. The second kappa shape index (κ2) is 7.92. The fourth-order valence-corrected chi connectivity index (χ4v) is 2.43. The van der Waals surface area contributed by atoms with Crippen molar-refractivity contribution in [1.82, 2.24) is 0 Å². The monoisotopic (exact) mass is 242 g/mol. The van der Waals surface area contributed by atoms with Crippen molar-refractivity contribution in [2.45, 2.75) is 46.0 Å². The fourth-order valence-electron chi connectivity index (χ4n) is 2.43. The lowest BCUT2D eigenvalue weighted by Crippen LogP contribution is -1.96. The normalized spacial score (nSPS) is 12.1. The number of rotatable bonds is 8. The van der Waals surface area contributed by atoms with Crippen molar-refractivity contribution >= 4 is 12.2 Å². The third-order valence-electron chi connectivity index (χ3n) is 3.53. The van der Waals surface area contributed by atoms with E-state index in [-0.39, 0.29) is 0 Å². The molecule has 0 fully saturated rings. The Morgan fingerprint density at radius 2 is 1.83 bits per heavy atom. The van der Waals surface area contributed by atoms with Crippen LogP contribution in [-0.4, -0.2) is 0 Å². The lowest BCUT2D eigenvalue weighted by molar-refractivity contribution is 0.469. The zero-order valence-electron chi connectivity index (χ0n) is 11.9. The van der Waals surface area contributed by atoms with Crippen molar-refractivity contribution in [2.24, 2.45) is 5.92 Å². The van der Waals surface area contributed by atoms with Gasteiger partial charge in [0.2, 0.25) is 0 Å². The van der Waals surface area contributed by atoms with E-state index < -0.39 is 0 Å². The summed E-state index contributed by atoms with van der Waals surface area (Å²) in [7, 11) is 0. The van der Waals surface area contributed by atoms with Crippen LogP contribution in [0.15, 0.2) is 31.4 Å². The van der Waals surface area contributed by atoms with E-state index in [9.17, 15) is 0 Å². The summed E-state index contributed by atoms with van der Waals surface area (Å²) in [5.74, 6) is 0.862. The first kappa shape index (κ1) is 14.8. The Bertz CT molecular complexity index is 387. The van der Waals surface area contributed by atoms with Gasteiger partial charge in [-0.2, -0.15) is 0 Å². The first-order valence-electron chi connectivity index (χ1n) is 7.09. The molecular formula is C18H26. The predicted octanol–water partition coefficient (Wildman–Crippen LogP) is 5.73. The molecule has 1 aromatic rings. The first-order valence-corrected chi connectivity index (χ1v) is 7.09. The molecule has 1 rings (SSSR count). The molecule has 0 heterocycles. The van der Waals surface area contributed by atoms with Crippen LogP contribution in [0.25, 0.3) is 12.2 Å². The Balaban J connectivity index is 2.52. The molecule has 0 amide bonds. The van der Waals surface area contributed by atoms with Crippen molar-refractivity contribution in [3.63, 3.8) is 0 Å². The van der Waals surface area contributed by atoms with Crippen molar-refractivity contribution in [3.8, 4) is 0 Å². The van der Waals surface area contributed by atoms with Crippen LogP contribution in [0.5, 0.6) is 0 Å². The van der Waals surface area contributed by atoms with Gasteiger partial charge in [0.1, 0.15) is 0 Å². The van der Waals surface area contributed by atoms with Gasteiger partial charge in [-0.15, -0.1) is 0 Å². The molecule has 0 saturated heterocycles. The molecular weight excluding hydrogens is 216 g/mol. The van der Waals surface area contributed by atoms with Crippen molar-refractivity contribution in [2.75, 3.05) is 0 Å².